The smallest absolute Gasteiger partial charge is 0.261 e. The van der Waals surface area contributed by atoms with E-state index in [1.807, 2.05) is 6.07 Å². The Morgan fingerprint density at radius 2 is 2.30 bits per heavy atom. The number of ether oxygens (including phenoxy) is 1. The molecule has 2 aliphatic heterocycles. The summed E-state index contributed by atoms with van der Waals surface area (Å²) in [6, 6.07) is 1.99. The number of fused-ring (bicyclic) bond motifs is 1. The first-order valence-electron chi connectivity index (χ1n) is 7.23. The second kappa shape index (κ2) is 6.67. The predicted octanol–water partition coefficient (Wildman–Crippen LogP) is 0.456. The molecule has 1 amide bonds. The molecule has 1 aromatic rings. The number of amides is 1. The van der Waals surface area contributed by atoms with Crippen LogP contribution in [0, 0.1) is 0 Å². The lowest BCUT2D eigenvalue weighted by Gasteiger charge is -2.26. The fourth-order valence-corrected chi connectivity index (χ4v) is 3.67. The van der Waals surface area contributed by atoms with Crippen LogP contribution in [-0.2, 0) is 17.8 Å². The summed E-state index contributed by atoms with van der Waals surface area (Å²) < 4.78 is 5.41. The van der Waals surface area contributed by atoms with E-state index in [2.05, 4.69) is 15.5 Å². The fourth-order valence-electron chi connectivity index (χ4n) is 2.61. The molecular weight excluding hydrogens is 274 g/mol. The maximum absolute atomic E-state index is 12.1. The van der Waals surface area contributed by atoms with Crippen molar-refractivity contribution in [3.63, 3.8) is 0 Å². The van der Waals surface area contributed by atoms with Crippen molar-refractivity contribution in [1.29, 1.82) is 0 Å². The largest absolute Gasteiger partial charge is 0.376 e. The van der Waals surface area contributed by atoms with Crippen LogP contribution < -0.4 is 10.6 Å². The number of rotatable bonds is 4. The number of hydrogen-bond donors (Lipinski definition) is 2. The molecule has 0 bridgehead atoms. The van der Waals surface area contributed by atoms with Gasteiger partial charge in [0.05, 0.1) is 18.1 Å². The quantitative estimate of drug-likeness (QED) is 0.847. The number of carbonyl (C=O) groups is 1. The lowest BCUT2D eigenvalue weighted by atomic mass is 10.2. The van der Waals surface area contributed by atoms with Gasteiger partial charge in [-0.05, 0) is 11.6 Å². The Balaban J connectivity index is 1.47. The van der Waals surface area contributed by atoms with Crippen LogP contribution in [0.15, 0.2) is 6.07 Å². The van der Waals surface area contributed by atoms with Crippen LogP contribution in [0.4, 0.5) is 0 Å². The molecule has 0 unspecified atom stereocenters. The minimum absolute atomic E-state index is 0.0551. The third kappa shape index (κ3) is 3.38. The Morgan fingerprint density at radius 3 is 3.10 bits per heavy atom. The van der Waals surface area contributed by atoms with Crippen LogP contribution in [0.2, 0.25) is 0 Å². The molecule has 6 heteroatoms. The molecule has 1 aromatic heterocycles. The summed E-state index contributed by atoms with van der Waals surface area (Å²) in [5.41, 5.74) is 1.19. The van der Waals surface area contributed by atoms with Gasteiger partial charge in [-0.25, -0.2) is 0 Å². The first-order chi connectivity index (χ1) is 9.83. The number of piperazine rings is 1. The Bertz CT molecular complexity index is 445. The molecule has 0 spiro atoms. The molecule has 1 saturated heterocycles. The third-order valence-electron chi connectivity index (χ3n) is 3.77. The molecule has 0 aromatic carbocycles. The minimum atomic E-state index is 0.0551. The second-order valence-corrected chi connectivity index (χ2v) is 6.35. The van der Waals surface area contributed by atoms with Crippen LogP contribution in [-0.4, -0.2) is 56.7 Å². The highest BCUT2D eigenvalue weighted by Crippen LogP contribution is 2.26. The first-order valence-corrected chi connectivity index (χ1v) is 8.05. The molecule has 0 saturated carbocycles. The van der Waals surface area contributed by atoms with Crippen molar-refractivity contribution in [3.8, 4) is 0 Å². The Morgan fingerprint density at radius 1 is 1.45 bits per heavy atom. The SMILES string of the molecule is O=C(NCCN1CCNCC1)c1cc2c(s1)CCOC2. The van der Waals surface area contributed by atoms with E-state index in [0.29, 0.717) is 6.61 Å². The summed E-state index contributed by atoms with van der Waals surface area (Å²) >= 11 is 1.61. The van der Waals surface area contributed by atoms with E-state index in [-0.39, 0.29) is 5.91 Å². The zero-order valence-electron chi connectivity index (χ0n) is 11.6. The maximum Gasteiger partial charge on any atom is 0.261 e. The lowest BCUT2D eigenvalue weighted by Crippen LogP contribution is -2.46. The summed E-state index contributed by atoms with van der Waals surface area (Å²) in [5, 5.41) is 6.35. The Hall–Kier alpha value is -0.950. The number of carbonyl (C=O) groups excluding carboxylic acids is 1. The number of nitrogens with zero attached hydrogens (tertiary/aromatic N) is 1. The highest BCUT2D eigenvalue weighted by Gasteiger charge is 2.17. The van der Waals surface area contributed by atoms with Crippen LogP contribution in [0.1, 0.15) is 20.1 Å². The van der Waals surface area contributed by atoms with E-state index in [9.17, 15) is 4.79 Å². The average Bonchev–Trinajstić information content (AvgIpc) is 2.92. The molecule has 3 rings (SSSR count). The van der Waals surface area contributed by atoms with Gasteiger partial charge in [-0.1, -0.05) is 0 Å². The fraction of sp³-hybridized carbons (Fsp3) is 0.643. The van der Waals surface area contributed by atoms with Crippen molar-refractivity contribution in [3.05, 3.63) is 21.4 Å². The molecule has 2 aliphatic rings. The van der Waals surface area contributed by atoms with Gasteiger partial charge in [0.2, 0.25) is 0 Å². The number of hydrogen-bond acceptors (Lipinski definition) is 5. The normalized spacial score (nSPS) is 19.6. The van der Waals surface area contributed by atoms with Crippen molar-refractivity contribution in [2.24, 2.45) is 0 Å². The molecule has 0 aliphatic carbocycles. The topological polar surface area (TPSA) is 53.6 Å². The van der Waals surface area contributed by atoms with Gasteiger partial charge < -0.3 is 15.4 Å². The summed E-state index contributed by atoms with van der Waals surface area (Å²) in [5.74, 6) is 0.0551. The second-order valence-electron chi connectivity index (χ2n) is 5.21. The monoisotopic (exact) mass is 295 g/mol. The average molecular weight is 295 g/mol. The van der Waals surface area contributed by atoms with Crippen LogP contribution in [0.25, 0.3) is 0 Å². The standard InChI is InChI=1S/C14H21N3O2S/c18-14(16-4-7-17-5-2-15-3-6-17)13-9-11-10-19-8-1-12(11)20-13/h9,15H,1-8,10H2,(H,16,18). The number of thiophene rings is 1. The third-order valence-corrected chi connectivity index (χ3v) is 5.01. The van der Waals surface area contributed by atoms with Crippen molar-refractivity contribution in [1.82, 2.24) is 15.5 Å². The molecule has 2 N–H and O–H groups in total. The lowest BCUT2D eigenvalue weighted by molar-refractivity contribution is 0.0951. The maximum atomic E-state index is 12.1. The summed E-state index contributed by atoms with van der Waals surface area (Å²) in [6.07, 6.45) is 0.939. The molecule has 0 atom stereocenters. The zero-order valence-corrected chi connectivity index (χ0v) is 12.4. The van der Waals surface area contributed by atoms with E-state index in [0.717, 1.165) is 57.2 Å². The molecule has 110 valence electrons. The molecule has 1 fully saturated rings. The van der Waals surface area contributed by atoms with Gasteiger partial charge in [0, 0.05) is 50.6 Å². The minimum Gasteiger partial charge on any atom is -0.376 e. The van der Waals surface area contributed by atoms with E-state index in [1.165, 1.54) is 10.4 Å². The highest BCUT2D eigenvalue weighted by molar-refractivity contribution is 7.14. The first kappa shape index (κ1) is 14.0. The van der Waals surface area contributed by atoms with Crippen molar-refractivity contribution < 1.29 is 9.53 Å². The summed E-state index contributed by atoms with van der Waals surface area (Å²) in [4.78, 5) is 16.6. The van der Waals surface area contributed by atoms with Gasteiger partial charge in [-0.3, -0.25) is 9.69 Å². The van der Waals surface area contributed by atoms with Gasteiger partial charge in [0.15, 0.2) is 0 Å². The van der Waals surface area contributed by atoms with E-state index in [4.69, 9.17) is 4.74 Å². The van der Waals surface area contributed by atoms with Gasteiger partial charge in [-0.2, -0.15) is 0 Å². The van der Waals surface area contributed by atoms with Gasteiger partial charge >= 0.3 is 0 Å². The van der Waals surface area contributed by atoms with Gasteiger partial charge in [0.25, 0.3) is 5.91 Å². The zero-order chi connectivity index (χ0) is 13.8. The van der Waals surface area contributed by atoms with Crippen molar-refractivity contribution in [2.45, 2.75) is 13.0 Å². The van der Waals surface area contributed by atoms with Crippen LogP contribution >= 0.6 is 11.3 Å². The van der Waals surface area contributed by atoms with Crippen molar-refractivity contribution in [2.75, 3.05) is 45.9 Å². The molecule has 3 heterocycles. The predicted molar refractivity (Wildman–Crippen MR) is 79.3 cm³/mol. The van der Waals surface area contributed by atoms with E-state index >= 15 is 0 Å². The molecule has 20 heavy (non-hydrogen) atoms. The van der Waals surface area contributed by atoms with Crippen LogP contribution in [0.5, 0.6) is 0 Å². The van der Waals surface area contributed by atoms with Crippen molar-refractivity contribution >= 4 is 17.2 Å². The van der Waals surface area contributed by atoms with Gasteiger partial charge in [0.1, 0.15) is 0 Å². The molecule has 0 radical (unpaired) electrons. The number of nitrogens with one attached hydrogen (secondary N) is 2. The summed E-state index contributed by atoms with van der Waals surface area (Å²) in [6.45, 7) is 7.31. The Kier molecular flexibility index (Phi) is 4.67. The Labute approximate surface area is 123 Å². The van der Waals surface area contributed by atoms with Gasteiger partial charge in [-0.15, -0.1) is 11.3 Å². The highest BCUT2D eigenvalue weighted by atomic mass is 32.1. The molecular formula is C14H21N3O2S. The molecule has 5 nitrogen and oxygen atoms in total. The van der Waals surface area contributed by atoms with E-state index < -0.39 is 0 Å². The van der Waals surface area contributed by atoms with Crippen LogP contribution in [0.3, 0.4) is 0 Å². The van der Waals surface area contributed by atoms with E-state index in [1.54, 1.807) is 11.3 Å². The summed E-state index contributed by atoms with van der Waals surface area (Å²) in [7, 11) is 0.